The summed E-state index contributed by atoms with van der Waals surface area (Å²) in [5, 5.41) is 2.11. The van der Waals surface area contributed by atoms with Crippen LogP contribution in [0.3, 0.4) is 0 Å². The number of carbonyl (C=O) groups is 4. The van der Waals surface area contributed by atoms with Gasteiger partial charge in [0.25, 0.3) is 5.91 Å². The minimum Gasteiger partial charge on any atom is -0.452 e. The summed E-state index contributed by atoms with van der Waals surface area (Å²) in [5.74, 6) is -2.81. The lowest BCUT2D eigenvalue weighted by atomic mass is 9.73. The van der Waals surface area contributed by atoms with E-state index in [2.05, 4.69) is 17.4 Å². The molecule has 2 bridgehead atoms. The average molecular weight is 563 g/mol. The molecule has 210 valence electrons. The van der Waals surface area contributed by atoms with Gasteiger partial charge in [-0.25, -0.2) is 4.79 Å². The number of nitrogens with one attached hydrogen (secondary N) is 1. The second-order valence-corrected chi connectivity index (χ2v) is 10.7. The van der Waals surface area contributed by atoms with Crippen molar-refractivity contribution < 1.29 is 37.1 Å². The topological polar surface area (TPSA) is 92.8 Å². The van der Waals surface area contributed by atoms with Gasteiger partial charge < -0.3 is 10.1 Å². The zero-order chi connectivity index (χ0) is 28.9. The highest BCUT2D eigenvalue weighted by Crippen LogP contribution is 2.61. The van der Waals surface area contributed by atoms with Gasteiger partial charge in [0, 0.05) is 0 Å². The van der Waals surface area contributed by atoms with E-state index in [0.717, 1.165) is 29.9 Å². The second-order valence-electron chi connectivity index (χ2n) is 10.7. The number of para-hydroxylation sites is 1. The van der Waals surface area contributed by atoms with Crippen molar-refractivity contribution in [1.29, 1.82) is 0 Å². The number of benzene rings is 3. The Balaban J connectivity index is 1.13. The highest BCUT2D eigenvalue weighted by atomic mass is 19.4. The molecule has 10 heteroatoms. The number of hydrogen-bond acceptors (Lipinski definition) is 5. The molecule has 3 fully saturated rings. The molecule has 0 radical (unpaired) electrons. The van der Waals surface area contributed by atoms with Gasteiger partial charge in [-0.05, 0) is 66.5 Å². The van der Waals surface area contributed by atoms with Crippen molar-refractivity contribution in [2.45, 2.75) is 24.9 Å². The molecular formula is C31H25F3N2O5. The quantitative estimate of drug-likeness (QED) is 0.320. The van der Waals surface area contributed by atoms with Gasteiger partial charge in [0.05, 0.1) is 34.3 Å². The van der Waals surface area contributed by atoms with Crippen LogP contribution in [-0.2, 0) is 25.3 Å². The molecule has 5 atom stereocenters. The van der Waals surface area contributed by atoms with Crippen LogP contribution < -0.4 is 10.2 Å². The number of nitrogens with zero attached hydrogens (tertiary/aromatic N) is 1. The number of esters is 1. The minimum atomic E-state index is -4.67. The maximum Gasteiger partial charge on any atom is 0.418 e. The summed E-state index contributed by atoms with van der Waals surface area (Å²) in [5.41, 5.74) is -0.0755. The Morgan fingerprint density at radius 2 is 1.59 bits per heavy atom. The number of amides is 3. The van der Waals surface area contributed by atoms with Crippen molar-refractivity contribution in [3.05, 3.63) is 95.6 Å². The molecule has 1 N–H and O–H groups in total. The van der Waals surface area contributed by atoms with E-state index in [1.54, 1.807) is 6.07 Å². The van der Waals surface area contributed by atoms with E-state index < -0.39 is 41.8 Å². The minimum absolute atomic E-state index is 0.00575. The summed E-state index contributed by atoms with van der Waals surface area (Å²) in [6.07, 6.45) is -2.99. The van der Waals surface area contributed by atoms with Crippen LogP contribution in [0.1, 0.15) is 40.2 Å². The predicted molar refractivity (Wildman–Crippen MR) is 142 cm³/mol. The van der Waals surface area contributed by atoms with Crippen LogP contribution in [0.25, 0.3) is 0 Å². The highest BCUT2D eigenvalue weighted by molar-refractivity contribution is 6.23. The maximum atomic E-state index is 13.6. The summed E-state index contributed by atoms with van der Waals surface area (Å²) in [6, 6.07) is 20.3. The van der Waals surface area contributed by atoms with E-state index in [-0.39, 0.29) is 46.7 Å². The standard InChI is InChI=1S/C31H25F3N2O5/c32-31(33,34)23-11-4-5-12-24(23)35-25(37)16-41-30(40)18-9-6-10-20(13-18)36-28(38)26-19-14-21(17-7-2-1-3-8-17)22(15-19)27(26)29(36)39/h1-13,19,21-22,26-27H,14-16H2,(H,35,37)/t19-,21-,22+,26+,27-/m0/s1. The Hall–Kier alpha value is -4.47. The van der Waals surface area contributed by atoms with Crippen LogP contribution in [0.2, 0.25) is 0 Å². The highest BCUT2D eigenvalue weighted by Gasteiger charge is 2.64. The fourth-order valence-electron chi connectivity index (χ4n) is 6.81. The lowest BCUT2D eigenvalue weighted by molar-refractivity contribution is -0.137. The third-order valence-corrected chi connectivity index (χ3v) is 8.42. The fraction of sp³-hybridized carbons (Fsp3) is 0.290. The molecule has 0 aromatic heterocycles. The van der Waals surface area contributed by atoms with E-state index in [1.807, 2.05) is 18.2 Å². The molecule has 41 heavy (non-hydrogen) atoms. The first-order chi connectivity index (χ1) is 19.6. The van der Waals surface area contributed by atoms with Crippen LogP contribution in [0.15, 0.2) is 78.9 Å². The zero-order valence-corrected chi connectivity index (χ0v) is 21.6. The zero-order valence-electron chi connectivity index (χ0n) is 21.6. The molecule has 1 saturated heterocycles. The van der Waals surface area contributed by atoms with Gasteiger partial charge >= 0.3 is 12.1 Å². The van der Waals surface area contributed by atoms with Crippen molar-refractivity contribution >= 4 is 35.1 Å². The monoisotopic (exact) mass is 562 g/mol. The summed E-state index contributed by atoms with van der Waals surface area (Å²) in [4.78, 5) is 53.1. The lowest BCUT2D eigenvalue weighted by Gasteiger charge is -2.28. The van der Waals surface area contributed by atoms with Gasteiger partial charge in [0.2, 0.25) is 11.8 Å². The van der Waals surface area contributed by atoms with Crippen molar-refractivity contribution in [3.8, 4) is 0 Å². The summed E-state index contributed by atoms with van der Waals surface area (Å²) in [7, 11) is 0. The number of anilines is 2. The first kappa shape index (κ1) is 26.7. The summed E-state index contributed by atoms with van der Waals surface area (Å²) < 4.78 is 44.6. The van der Waals surface area contributed by atoms with Gasteiger partial charge in [0.15, 0.2) is 6.61 Å². The summed E-state index contributed by atoms with van der Waals surface area (Å²) in [6.45, 7) is -0.828. The van der Waals surface area contributed by atoms with Gasteiger partial charge in [-0.1, -0.05) is 48.5 Å². The smallest absolute Gasteiger partial charge is 0.418 e. The SMILES string of the molecule is O=C(COC(=O)c1cccc(N2C(=O)[C@@H]3[C@@H]4C[C@@H]([C@@H]3C2=O)[C@H](c2ccccc2)C4)c1)Nc1ccccc1C(F)(F)F. The fourth-order valence-corrected chi connectivity index (χ4v) is 6.81. The molecule has 1 heterocycles. The number of imide groups is 1. The van der Waals surface area contributed by atoms with Gasteiger partial charge in [0.1, 0.15) is 0 Å². The molecule has 2 saturated carbocycles. The molecular weight excluding hydrogens is 537 g/mol. The van der Waals surface area contributed by atoms with Crippen molar-refractivity contribution in [1.82, 2.24) is 0 Å². The Morgan fingerprint density at radius 1 is 0.878 bits per heavy atom. The third-order valence-electron chi connectivity index (χ3n) is 8.42. The molecule has 0 unspecified atom stereocenters. The Labute approximate surface area is 233 Å². The van der Waals surface area contributed by atoms with Crippen LogP contribution in [0.5, 0.6) is 0 Å². The first-order valence-electron chi connectivity index (χ1n) is 13.3. The van der Waals surface area contributed by atoms with E-state index in [0.29, 0.717) is 0 Å². The predicted octanol–water partition coefficient (Wildman–Crippen LogP) is 5.43. The Kier molecular flexibility index (Phi) is 6.63. The molecule has 0 spiro atoms. The number of ether oxygens (including phenoxy) is 1. The molecule has 6 rings (SSSR count). The molecule has 3 amide bonds. The Morgan fingerprint density at radius 3 is 2.34 bits per heavy atom. The van der Waals surface area contributed by atoms with Crippen LogP contribution in [0, 0.1) is 23.7 Å². The molecule has 1 aliphatic heterocycles. The molecule has 3 aromatic rings. The van der Waals surface area contributed by atoms with E-state index >= 15 is 0 Å². The van der Waals surface area contributed by atoms with E-state index in [1.165, 1.54) is 35.9 Å². The molecule has 7 nitrogen and oxygen atoms in total. The average Bonchev–Trinajstić information content (AvgIpc) is 3.63. The molecule has 2 aliphatic carbocycles. The number of carbonyl (C=O) groups excluding carboxylic acids is 4. The maximum absolute atomic E-state index is 13.6. The molecule has 3 aromatic carbocycles. The summed E-state index contributed by atoms with van der Waals surface area (Å²) >= 11 is 0. The number of fused-ring (bicyclic) bond motifs is 5. The third kappa shape index (κ3) is 4.77. The molecule has 3 aliphatic rings. The van der Waals surface area contributed by atoms with E-state index in [9.17, 15) is 32.3 Å². The van der Waals surface area contributed by atoms with Crippen LogP contribution >= 0.6 is 0 Å². The lowest BCUT2D eigenvalue weighted by Crippen LogP contribution is -2.33. The van der Waals surface area contributed by atoms with Crippen LogP contribution in [0.4, 0.5) is 24.5 Å². The largest absolute Gasteiger partial charge is 0.452 e. The number of halogens is 3. The number of alkyl halides is 3. The number of rotatable bonds is 6. The number of hydrogen-bond donors (Lipinski definition) is 1. The van der Waals surface area contributed by atoms with E-state index in [4.69, 9.17) is 4.74 Å². The van der Waals surface area contributed by atoms with Crippen molar-refractivity contribution in [2.24, 2.45) is 23.7 Å². The van der Waals surface area contributed by atoms with Crippen LogP contribution in [-0.4, -0.2) is 30.3 Å². The first-order valence-corrected chi connectivity index (χ1v) is 13.3. The second kappa shape index (κ2) is 10.2. The normalized spacial score (nSPS) is 24.9. The van der Waals surface area contributed by atoms with Gasteiger partial charge in [-0.3, -0.25) is 19.3 Å². The van der Waals surface area contributed by atoms with Gasteiger partial charge in [-0.15, -0.1) is 0 Å². The van der Waals surface area contributed by atoms with Gasteiger partial charge in [-0.2, -0.15) is 13.2 Å². The Bertz CT molecular complexity index is 1540. The van der Waals surface area contributed by atoms with Crippen molar-refractivity contribution in [3.63, 3.8) is 0 Å². The van der Waals surface area contributed by atoms with Crippen molar-refractivity contribution in [2.75, 3.05) is 16.8 Å².